The third-order valence-electron chi connectivity index (χ3n) is 6.25. The maximum Gasteiger partial charge on any atom is 0.412 e. The first-order valence-electron chi connectivity index (χ1n) is 13.2. The molecule has 2 heterocycles. The van der Waals surface area contributed by atoms with Gasteiger partial charge >= 0.3 is 6.09 Å². The van der Waals surface area contributed by atoms with Crippen LogP contribution >= 0.6 is 0 Å². The van der Waals surface area contributed by atoms with Crippen LogP contribution in [-0.2, 0) is 22.6 Å². The summed E-state index contributed by atoms with van der Waals surface area (Å²) in [5, 5.41) is 2.70. The summed E-state index contributed by atoms with van der Waals surface area (Å²) in [5.41, 5.74) is 1.45. The van der Waals surface area contributed by atoms with Crippen LogP contribution in [0.3, 0.4) is 0 Å². The van der Waals surface area contributed by atoms with Gasteiger partial charge in [-0.15, -0.1) is 0 Å². The molecule has 1 aliphatic heterocycles. The first-order chi connectivity index (χ1) is 19.1. The van der Waals surface area contributed by atoms with Crippen molar-refractivity contribution in [2.75, 3.05) is 55.6 Å². The molecule has 0 spiro atoms. The Morgan fingerprint density at radius 1 is 0.975 bits per heavy atom. The van der Waals surface area contributed by atoms with Crippen LogP contribution in [0.25, 0.3) is 0 Å². The average Bonchev–Trinajstić information content (AvgIpc) is 2.93. The molecule has 0 unspecified atom stereocenters. The molecule has 0 saturated carbocycles. The Morgan fingerprint density at radius 3 is 1.98 bits per heavy atom. The topological polar surface area (TPSA) is 85.4 Å². The van der Waals surface area contributed by atoms with Crippen molar-refractivity contribution in [3.63, 3.8) is 0 Å². The second kappa shape index (κ2) is 12.9. The van der Waals surface area contributed by atoms with Crippen molar-refractivity contribution in [1.82, 2.24) is 4.98 Å². The number of rotatable bonds is 9. The summed E-state index contributed by atoms with van der Waals surface area (Å²) in [6.07, 6.45) is -0.677. The van der Waals surface area contributed by atoms with Gasteiger partial charge in [-0.3, -0.25) is 5.32 Å². The Balaban J connectivity index is 1.73. The smallest absolute Gasteiger partial charge is 0.412 e. The minimum atomic E-state index is -0.706. The van der Waals surface area contributed by atoms with E-state index < -0.39 is 17.5 Å². The van der Waals surface area contributed by atoms with Gasteiger partial charge in [-0.05, 0) is 56.2 Å². The molecular weight excluding hydrogens is 515 g/mol. The van der Waals surface area contributed by atoms with Crippen molar-refractivity contribution in [2.24, 2.45) is 0 Å². The first-order valence-corrected chi connectivity index (χ1v) is 13.2. The fourth-order valence-corrected chi connectivity index (χ4v) is 4.32. The van der Waals surface area contributed by atoms with Crippen molar-refractivity contribution in [1.29, 1.82) is 0 Å². The number of morpholine rings is 1. The third-order valence-corrected chi connectivity index (χ3v) is 6.25. The molecule has 0 atom stereocenters. The summed E-state index contributed by atoms with van der Waals surface area (Å²) in [7, 11) is 3.23. The van der Waals surface area contributed by atoms with Crippen molar-refractivity contribution in [3.05, 3.63) is 71.5 Å². The number of nitrogens with zero attached hydrogens (tertiary/aromatic N) is 3. The van der Waals surface area contributed by atoms with E-state index in [2.05, 4.69) is 5.32 Å². The van der Waals surface area contributed by atoms with Gasteiger partial charge in [0.05, 0.1) is 33.1 Å². The highest BCUT2D eigenvalue weighted by Gasteiger charge is 2.25. The Morgan fingerprint density at radius 2 is 1.50 bits per heavy atom. The lowest BCUT2D eigenvalue weighted by Gasteiger charge is -2.32. The number of benzene rings is 2. The summed E-state index contributed by atoms with van der Waals surface area (Å²) >= 11 is 0. The molecule has 1 aromatic heterocycles. The fraction of sp³-hybridized carbons (Fsp3) is 0.400. The number of carbonyl (C=O) groups excluding carboxylic acids is 1. The molecule has 4 rings (SSSR count). The second-order valence-corrected chi connectivity index (χ2v) is 10.4. The van der Waals surface area contributed by atoms with E-state index in [-0.39, 0.29) is 11.5 Å². The number of hydrogen-bond donors (Lipinski definition) is 1. The minimum absolute atomic E-state index is 0.169. The normalized spacial score (nSPS) is 13.5. The van der Waals surface area contributed by atoms with E-state index in [0.717, 1.165) is 22.6 Å². The van der Waals surface area contributed by atoms with E-state index in [1.54, 1.807) is 35.0 Å². The predicted octanol–water partition coefficient (Wildman–Crippen LogP) is 5.63. The number of anilines is 3. The highest BCUT2D eigenvalue weighted by Crippen LogP contribution is 2.33. The standard InChI is InChI=1S/C30H37FN4O5/c1-30(2,3)40-29(36)32-26-18-25(31)27(33-28(26)34-14-16-39-17-15-34)35(19-21-6-10-23(37-4)11-7-21)20-22-8-12-24(38-5)13-9-22/h6-13,18H,14-17,19-20H2,1-5H3,(H,32,36). The number of halogens is 1. The lowest BCUT2D eigenvalue weighted by Crippen LogP contribution is -2.38. The molecule has 10 heteroatoms. The third kappa shape index (κ3) is 7.75. The van der Waals surface area contributed by atoms with Crippen LogP contribution in [0.5, 0.6) is 11.5 Å². The number of ether oxygens (including phenoxy) is 4. The summed E-state index contributed by atoms with van der Waals surface area (Å²) in [6.45, 7) is 8.21. The number of carbonyl (C=O) groups is 1. The highest BCUT2D eigenvalue weighted by atomic mass is 19.1. The number of methoxy groups -OCH3 is 2. The lowest BCUT2D eigenvalue weighted by molar-refractivity contribution is 0.0636. The molecule has 0 aliphatic carbocycles. The SMILES string of the molecule is COc1ccc(CN(Cc2ccc(OC)cc2)c2nc(N3CCOCC3)c(NC(=O)OC(C)(C)C)cc2F)cc1. The maximum absolute atomic E-state index is 15.9. The monoisotopic (exact) mass is 552 g/mol. The summed E-state index contributed by atoms with van der Waals surface area (Å²) in [6, 6.07) is 16.6. The minimum Gasteiger partial charge on any atom is -0.497 e. The number of nitrogens with one attached hydrogen (secondary N) is 1. The predicted molar refractivity (Wildman–Crippen MR) is 153 cm³/mol. The molecule has 1 saturated heterocycles. The van der Waals surface area contributed by atoms with Gasteiger partial charge in [-0.2, -0.15) is 0 Å². The van der Waals surface area contributed by atoms with Crippen molar-refractivity contribution in [2.45, 2.75) is 39.5 Å². The number of hydrogen-bond acceptors (Lipinski definition) is 8. The molecule has 1 aliphatic rings. The second-order valence-electron chi connectivity index (χ2n) is 10.4. The lowest BCUT2D eigenvalue weighted by atomic mass is 10.1. The van der Waals surface area contributed by atoms with E-state index >= 15 is 4.39 Å². The molecule has 3 aromatic rings. The van der Waals surface area contributed by atoms with E-state index in [4.69, 9.17) is 23.9 Å². The van der Waals surface area contributed by atoms with Crippen LogP contribution in [0, 0.1) is 5.82 Å². The zero-order chi connectivity index (χ0) is 28.7. The van der Waals surface area contributed by atoms with Crippen LogP contribution in [0.1, 0.15) is 31.9 Å². The van der Waals surface area contributed by atoms with Gasteiger partial charge in [0.15, 0.2) is 17.5 Å². The number of amides is 1. The zero-order valence-corrected chi connectivity index (χ0v) is 23.7. The summed E-state index contributed by atoms with van der Waals surface area (Å²) in [5.74, 6) is 1.54. The largest absolute Gasteiger partial charge is 0.497 e. The molecule has 2 aromatic carbocycles. The van der Waals surface area contributed by atoms with Crippen LogP contribution < -0.4 is 24.6 Å². The van der Waals surface area contributed by atoms with E-state index in [0.29, 0.717) is 45.2 Å². The zero-order valence-electron chi connectivity index (χ0n) is 23.7. The summed E-state index contributed by atoms with van der Waals surface area (Å²) < 4.78 is 37.4. The Kier molecular flexibility index (Phi) is 9.31. The van der Waals surface area contributed by atoms with E-state index in [1.165, 1.54) is 6.07 Å². The number of aromatic nitrogens is 1. The van der Waals surface area contributed by atoms with Crippen molar-refractivity contribution in [3.8, 4) is 11.5 Å². The Labute approximate surface area is 234 Å². The van der Waals surface area contributed by atoms with Gasteiger partial charge in [0.1, 0.15) is 17.1 Å². The van der Waals surface area contributed by atoms with Crippen LogP contribution in [0.2, 0.25) is 0 Å². The quantitative estimate of drug-likeness (QED) is 0.366. The van der Waals surface area contributed by atoms with Crippen LogP contribution in [0.15, 0.2) is 54.6 Å². The molecule has 1 fully saturated rings. The Bertz CT molecular complexity index is 1220. The Hall–Kier alpha value is -4.05. The van der Waals surface area contributed by atoms with Gasteiger partial charge in [0.25, 0.3) is 0 Å². The van der Waals surface area contributed by atoms with Crippen molar-refractivity contribution < 1.29 is 28.1 Å². The van der Waals surface area contributed by atoms with E-state index in [9.17, 15) is 4.79 Å². The van der Waals surface area contributed by atoms with Gasteiger partial charge < -0.3 is 28.7 Å². The molecular formula is C30H37FN4O5. The molecule has 1 N–H and O–H groups in total. The van der Waals surface area contributed by atoms with Crippen LogP contribution in [0.4, 0.5) is 26.5 Å². The molecule has 0 radical (unpaired) electrons. The maximum atomic E-state index is 15.9. The molecule has 214 valence electrons. The van der Waals surface area contributed by atoms with E-state index in [1.807, 2.05) is 58.3 Å². The fourth-order valence-electron chi connectivity index (χ4n) is 4.32. The molecule has 9 nitrogen and oxygen atoms in total. The van der Waals surface area contributed by atoms with Gasteiger partial charge in [0, 0.05) is 32.2 Å². The number of pyridine rings is 1. The highest BCUT2D eigenvalue weighted by molar-refractivity contribution is 5.89. The van der Waals surface area contributed by atoms with Gasteiger partial charge in [-0.1, -0.05) is 24.3 Å². The average molecular weight is 553 g/mol. The molecule has 40 heavy (non-hydrogen) atoms. The molecule has 1 amide bonds. The van der Waals surface area contributed by atoms with Crippen molar-refractivity contribution >= 4 is 23.4 Å². The summed E-state index contributed by atoms with van der Waals surface area (Å²) in [4.78, 5) is 21.3. The molecule has 0 bridgehead atoms. The van der Waals surface area contributed by atoms with Gasteiger partial charge in [-0.25, -0.2) is 14.2 Å². The van der Waals surface area contributed by atoms with Gasteiger partial charge in [0.2, 0.25) is 0 Å². The first kappa shape index (κ1) is 28.9. The van der Waals surface area contributed by atoms with Crippen LogP contribution in [-0.4, -0.2) is 57.2 Å².